The van der Waals surface area contributed by atoms with Gasteiger partial charge >= 0.3 is 6.09 Å². The molecule has 0 saturated heterocycles. The lowest BCUT2D eigenvalue weighted by Gasteiger charge is -2.18. The van der Waals surface area contributed by atoms with Crippen molar-refractivity contribution in [3.8, 4) is 0 Å². The fourth-order valence-corrected chi connectivity index (χ4v) is 1.64. The molecule has 1 aromatic carbocycles. The summed E-state index contributed by atoms with van der Waals surface area (Å²) in [5.74, 6) is 0. The zero-order valence-electron chi connectivity index (χ0n) is 7.73. The van der Waals surface area contributed by atoms with Crippen LogP contribution in [0.3, 0.4) is 0 Å². The van der Waals surface area contributed by atoms with Gasteiger partial charge < -0.3 is 10.4 Å². The first-order chi connectivity index (χ1) is 6.79. The van der Waals surface area contributed by atoms with E-state index in [-0.39, 0.29) is 0 Å². The molecule has 2 N–H and O–H groups in total. The molecular weight excluding hydrogens is 180 g/mol. The van der Waals surface area contributed by atoms with E-state index in [0.717, 1.165) is 24.3 Å². The van der Waals surface area contributed by atoms with Gasteiger partial charge in [-0.2, -0.15) is 0 Å². The van der Waals surface area contributed by atoms with Crippen molar-refractivity contribution in [2.24, 2.45) is 0 Å². The van der Waals surface area contributed by atoms with Crippen LogP contribution >= 0.6 is 0 Å². The van der Waals surface area contributed by atoms with Crippen molar-refractivity contribution in [2.75, 3.05) is 23.3 Å². The Kier molecular flexibility index (Phi) is 2.26. The summed E-state index contributed by atoms with van der Waals surface area (Å²) in [4.78, 5) is 12.4. The van der Waals surface area contributed by atoms with Crippen LogP contribution in [0, 0.1) is 0 Å². The van der Waals surface area contributed by atoms with E-state index in [4.69, 9.17) is 5.11 Å². The maximum Gasteiger partial charge on any atom is 0.411 e. The van der Waals surface area contributed by atoms with Crippen LogP contribution in [0.25, 0.3) is 0 Å². The van der Waals surface area contributed by atoms with Crippen molar-refractivity contribution in [1.82, 2.24) is 0 Å². The zero-order chi connectivity index (χ0) is 9.97. The maximum absolute atomic E-state index is 11.0. The summed E-state index contributed by atoms with van der Waals surface area (Å²) >= 11 is 0. The van der Waals surface area contributed by atoms with Gasteiger partial charge in [0.1, 0.15) is 0 Å². The highest BCUT2D eigenvalue weighted by atomic mass is 16.4. The summed E-state index contributed by atoms with van der Waals surface area (Å²) in [6.07, 6.45) is -0.0535. The van der Waals surface area contributed by atoms with Crippen molar-refractivity contribution in [1.29, 1.82) is 0 Å². The number of benzene rings is 1. The molecule has 1 amide bonds. The van der Waals surface area contributed by atoms with Gasteiger partial charge in [-0.05, 0) is 18.6 Å². The van der Waals surface area contributed by atoms with E-state index >= 15 is 0 Å². The SMILES string of the molecule is O=C(O)N1CCCNc2ccccc21. The molecule has 0 radical (unpaired) electrons. The molecule has 4 nitrogen and oxygen atoms in total. The van der Waals surface area contributed by atoms with Crippen molar-refractivity contribution >= 4 is 17.5 Å². The average molecular weight is 192 g/mol. The number of rotatable bonds is 0. The highest BCUT2D eigenvalue weighted by Gasteiger charge is 2.19. The smallest absolute Gasteiger partial charge is 0.411 e. The van der Waals surface area contributed by atoms with Crippen LogP contribution in [-0.4, -0.2) is 24.3 Å². The highest BCUT2D eigenvalue weighted by molar-refractivity contribution is 5.91. The number of para-hydroxylation sites is 2. The fraction of sp³-hybridized carbons (Fsp3) is 0.300. The molecule has 0 saturated carbocycles. The molecule has 0 bridgehead atoms. The summed E-state index contributed by atoms with van der Waals surface area (Å²) in [5, 5.41) is 12.2. The quantitative estimate of drug-likeness (QED) is 0.660. The Labute approximate surface area is 82.2 Å². The molecule has 1 aromatic rings. The summed E-state index contributed by atoms with van der Waals surface area (Å²) in [7, 11) is 0. The predicted molar refractivity (Wildman–Crippen MR) is 54.9 cm³/mol. The van der Waals surface area contributed by atoms with Crippen LogP contribution in [-0.2, 0) is 0 Å². The largest absolute Gasteiger partial charge is 0.465 e. The molecule has 0 unspecified atom stereocenters. The van der Waals surface area contributed by atoms with Gasteiger partial charge in [-0.1, -0.05) is 12.1 Å². The van der Waals surface area contributed by atoms with Gasteiger partial charge in [0.15, 0.2) is 0 Å². The molecule has 1 heterocycles. The average Bonchev–Trinajstić information content (AvgIpc) is 2.39. The van der Waals surface area contributed by atoms with Crippen LogP contribution in [0.5, 0.6) is 0 Å². The third-order valence-corrected chi connectivity index (χ3v) is 2.30. The number of nitrogens with zero attached hydrogens (tertiary/aromatic N) is 1. The Bertz CT molecular complexity index is 352. The van der Waals surface area contributed by atoms with Crippen LogP contribution in [0.15, 0.2) is 24.3 Å². The first kappa shape index (κ1) is 8.87. The summed E-state index contributed by atoms with van der Waals surface area (Å²) in [6.45, 7) is 1.38. The van der Waals surface area contributed by atoms with Gasteiger partial charge in [0.05, 0.1) is 11.4 Å². The molecule has 0 aliphatic carbocycles. The van der Waals surface area contributed by atoms with E-state index in [9.17, 15) is 4.79 Å². The topological polar surface area (TPSA) is 52.6 Å². The van der Waals surface area contributed by atoms with Crippen LogP contribution in [0.1, 0.15) is 6.42 Å². The van der Waals surface area contributed by atoms with E-state index in [0.29, 0.717) is 6.54 Å². The highest BCUT2D eigenvalue weighted by Crippen LogP contribution is 2.27. The second-order valence-corrected chi connectivity index (χ2v) is 3.23. The number of fused-ring (bicyclic) bond motifs is 1. The second-order valence-electron chi connectivity index (χ2n) is 3.23. The molecule has 2 rings (SSSR count). The molecule has 0 atom stereocenters. The molecule has 1 aliphatic rings. The van der Waals surface area contributed by atoms with Crippen molar-refractivity contribution in [3.05, 3.63) is 24.3 Å². The molecule has 14 heavy (non-hydrogen) atoms. The Balaban J connectivity index is 2.42. The maximum atomic E-state index is 11.0. The lowest BCUT2D eigenvalue weighted by molar-refractivity contribution is 0.202. The molecule has 1 aliphatic heterocycles. The van der Waals surface area contributed by atoms with E-state index in [1.807, 2.05) is 24.3 Å². The number of carboxylic acid groups (broad SMARTS) is 1. The van der Waals surface area contributed by atoms with Crippen molar-refractivity contribution in [2.45, 2.75) is 6.42 Å². The Hall–Kier alpha value is -1.71. The fourth-order valence-electron chi connectivity index (χ4n) is 1.64. The van der Waals surface area contributed by atoms with Gasteiger partial charge in [-0.15, -0.1) is 0 Å². The van der Waals surface area contributed by atoms with Crippen molar-refractivity contribution < 1.29 is 9.90 Å². The van der Waals surface area contributed by atoms with Crippen molar-refractivity contribution in [3.63, 3.8) is 0 Å². The van der Waals surface area contributed by atoms with E-state index in [1.165, 1.54) is 4.90 Å². The van der Waals surface area contributed by atoms with E-state index in [1.54, 1.807) is 0 Å². The van der Waals surface area contributed by atoms with Crippen LogP contribution in [0.4, 0.5) is 16.2 Å². The second kappa shape index (κ2) is 3.57. The monoisotopic (exact) mass is 192 g/mol. The number of nitrogens with one attached hydrogen (secondary N) is 1. The molecule has 0 aromatic heterocycles. The molecule has 4 heteroatoms. The summed E-state index contributed by atoms with van der Waals surface area (Å²) in [5.41, 5.74) is 1.64. The minimum Gasteiger partial charge on any atom is -0.465 e. The number of anilines is 2. The predicted octanol–water partition coefficient (Wildman–Crippen LogP) is 1.99. The van der Waals surface area contributed by atoms with E-state index in [2.05, 4.69) is 5.32 Å². The lowest BCUT2D eigenvalue weighted by Crippen LogP contribution is -2.29. The number of amides is 1. The van der Waals surface area contributed by atoms with Gasteiger partial charge in [0.2, 0.25) is 0 Å². The Morgan fingerprint density at radius 1 is 1.43 bits per heavy atom. The normalized spacial score (nSPS) is 15.3. The van der Waals surface area contributed by atoms with Gasteiger partial charge in [-0.25, -0.2) is 4.79 Å². The summed E-state index contributed by atoms with van der Waals surface area (Å²) in [6, 6.07) is 7.47. The van der Waals surface area contributed by atoms with Gasteiger partial charge in [0.25, 0.3) is 0 Å². The van der Waals surface area contributed by atoms with Gasteiger partial charge in [-0.3, -0.25) is 4.90 Å². The first-order valence-electron chi connectivity index (χ1n) is 4.62. The van der Waals surface area contributed by atoms with Crippen LogP contribution < -0.4 is 10.2 Å². The minimum absolute atomic E-state index is 0.555. The molecule has 74 valence electrons. The number of hydrogen-bond donors (Lipinski definition) is 2. The number of hydrogen-bond acceptors (Lipinski definition) is 2. The lowest BCUT2D eigenvalue weighted by atomic mass is 10.2. The standard InChI is InChI=1S/C10H12N2O2/c13-10(14)12-7-3-6-11-8-4-1-2-5-9(8)12/h1-2,4-5,11H,3,6-7H2,(H,13,14). The molecular formula is C10H12N2O2. The minimum atomic E-state index is -0.888. The summed E-state index contributed by atoms with van der Waals surface area (Å²) < 4.78 is 0. The zero-order valence-corrected chi connectivity index (χ0v) is 7.73. The third-order valence-electron chi connectivity index (χ3n) is 2.30. The molecule has 0 fully saturated rings. The van der Waals surface area contributed by atoms with Crippen LogP contribution in [0.2, 0.25) is 0 Å². The van der Waals surface area contributed by atoms with Gasteiger partial charge in [0, 0.05) is 13.1 Å². The Morgan fingerprint density at radius 2 is 2.21 bits per heavy atom. The first-order valence-corrected chi connectivity index (χ1v) is 4.62. The third kappa shape index (κ3) is 1.51. The number of carbonyl (C=O) groups is 1. The van der Waals surface area contributed by atoms with E-state index < -0.39 is 6.09 Å². The Morgan fingerprint density at radius 3 is 3.00 bits per heavy atom. The molecule has 0 spiro atoms.